The average molecular weight is 324 g/mol. The zero-order chi connectivity index (χ0) is 13.4. The van der Waals surface area contributed by atoms with Crippen molar-refractivity contribution in [3.63, 3.8) is 0 Å². The van der Waals surface area contributed by atoms with Gasteiger partial charge in [-0.1, -0.05) is 0 Å². The van der Waals surface area contributed by atoms with Gasteiger partial charge in [0.2, 0.25) is 0 Å². The first-order chi connectivity index (χ1) is 9.15. The maximum Gasteiger partial charge on any atom is 0.123 e. The summed E-state index contributed by atoms with van der Waals surface area (Å²) in [6, 6.07) is 0.704. The molecule has 0 aromatic carbocycles. The van der Waals surface area contributed by atoms with Gasteiger partial charge >= 0.3 is 0 Å². The quantitative estimate of drug-likeness (QED) is 0.915. The Morgan fingerprint density at radius 3 is 2.89 bits per heavy atom. The van der Waals surface area contributed by atoms with Crippen LogP contribution >= 0.6 is 15.9 Å². The van der Waals surface area contributed by atoms with Crippen molar-refractivity contribution < 1.29 is 0 Å². The summed E-state index contributed by atoms with van der Waals surface area (Å²) in [6.45, 7) is 3.64. The van der Waals surface area contributed by atoms with Crippen molar-refractivity contribution in [2.45, 2.75) is 38.9 Å². The number of imidazole rings is 1. The molecule has 1 aliphatic rings. The van der Waals surface area contributed by atoms with Crippen LogP contribution in [0.3, 0.4) is 0 Å². The Balaban J connectivity index is 1.76. The van der Waals surface area contributed by atoms with E-state index in [4.69, 9.17) is 0 Å². The lowest BCUT2D eigenvalue weighted by Gasteiger charge is -2.09. The van der Waals surface area contributed by atoms with Crippen LogP contribution in [0.15, 0.2) is 16.9 Å². The van der Waals surface area contributed by atoms with Gasteiger partial charge in [0.05, 0.1) is 29.0 Å². The second kappa shape index (κ2) is 5.09. The Morgan fingerprint density at radius 1 is 1.47 bits per heavy atom. The van der Waals surface area contributed by atoms with Gasteiger partial charge in [0, 0.05) is 25.5 Å². The molecule has 5 nitrogen and oxygen atoms in total. The molecule has 0 amide bonds. The van der Waals surface area contributed by atoms with Crippen LogP contribution < -0.4 is 5.32 Å². The van der Waals surface area contributed by atoms with Crippen LogP contribution in [0.2, 0.25) is 0 Å². The number of nitrogens with one attached hydrogen (secondary N) is 1. The fourth-order valence-corrected chi connectivity index (χ4v) is 2.65. The molecule has 6 heteroatoms. The second-order valence-corrected chi connectivity index (χ2v) is 5.89. The topological polar surface area (TPSA) is 47.7 Å². The summed E-state index contributed by atoms with van der Waals surface area (Å²) in [6.07, 6.45) is 6.49. The lowest BCUT2D eigenvalue weighted by Crippen LogP contribution is -2.19. The van der Waals surface area contributed by atoms with Crippen molar-refractivity contribution in [2.24, 2.45) is 7.05 Å². The highest BCUT2D eigenvalue weighted by molar-refractivity contribution is 9.10. The Kier molecular flexibility index (Phi) is 3.45. The summed E-state index contributed by atoms with van der Waals surface area (Å²) < 4.78 is 5.19. The second-order valence-electron chi connectivity index (χ2n) is 5.10. The lowest BCUT2D eigenvalue weighted by molar-refractivity contribution is 0.597. The minimum absolute atomic E-state index is 0.704. The largest absolute Gasteiger partial charge is 0.328 e. The standard InChI is InChI=1S/C13H18BrN5/c1-9-13(14)11(18(2)17-9)8-19-6-5-15-12(19)7-16-10-3-4-10/h5-6,10,16H,3-4,7-8H2,1-2H3. The van der Waals surface area contributed by atoms with E-state index in [1.54, 1.807) is 0 Å². The lowest BCUT2D eigenvalue weighted by atomic mass is 10.3. The van der Waals surface area contributed by atoms with E-state index in [0.717, 1.165) is 29.1 Å². The molecule has 0 radical (unpaired) electrons. The molecule has 0 bridgehead atoms. The van der Waals surface area contributed by atoms with Gasteiger partial charge in [-0.15, -0.1) is 0 Å². The molecule has 0 saturated heterocycles. The normalized spacial score (nSPS) is 15.1. The molecule has 1 fully saturated rings. The minimum Gasteiger partial charge on any atom is -0.328 e. The van der Waals surface area contributed by atoms with Gasteiger partial charge in [0.15, 0.2) is 0 Å². The number of nitrogens with zero attached hydrogens (tertiary/aromatic N) is 4. The summed E-state index contributed by atoms with van der Waals surface area (Å²) in [5.74, 6) is 1.08. The van der Waals surface area contributed by atoms with Gasteiger partial charge in [-0.25, -0.2) is 4.98 Å². The van der Waals surface area contributed by atoms with Crippen LogP contribution in [-0.2, 0) is 20.1 Å². The van der Waals surface area contributed by atoms with Gasteiger partial charge in [-0.3, -0.25) is 4.68 Å². The molecular formula is C13H18BrN5. The first kappa shape index (κ1) is 12.9. The van der Waals surface area contributed by atoms with E-state index in [2.05, 4.69) is 35.9 Å². The van der Waals surface area contributed by atoms with Gasteiger partial charge in [0.1, 0.15) is 5.82 Å². The van der Waals surface area contributed by atoms with Gasteiger partial charge < -0.3 is 9.88 Å². The fraction of sp³-hybridized carbons (Fsp3) is 0.538. The van der Waals surface area contributed by atoms with Crippen molar-refractivity contribution in [3.05, 3.63) is 34.1 Å². The third kappa shape index (κ3) is 2.74. The third-order valence-corrected chi connectivity index (χ3v) is 4.54. The number of rotatable bonds is 5. The van der Waals surface area contributed by atoms with Crippen molar-refractivity contribution >= 4 is 15.9 Å². The summed E-state index contributed by atoms with van der Waals surface area (Å²) in [4.78, 5) is 4.43. The Bertz CT molecular complexity index is 582. The number of halogens is 1. The summed E-state index contributed by atoms with van der Waals surface area (Å²) in [5.41, 5.74) is 2.19. The SMILES string of the molecule is Cc1nn(C)c(Cn2ccnc2CNC2CC2)c1Br. The highest BCUT2D eigenvalue weighted by atomic mass is 79.9. The molecular weight excluding hydrogens is 306 g/mol. The molecule has 2 heterocycles. The molecule has 2 aromatic rings. The Morgan fingerprint density at radius 2 is 2.26 bits per heavy atom. The van der Waals surface area contributed by atoms with Crippen molar-refractivity contribution in [2.75, 3.05) is 0 Å². The van der Waals surface area contributed by atoms with E-state index < -0.39 is 0 Å². The molecule has 19 heavy (non-hydrogen) atoms. The zero-order valence-electron chi connectivity index (χ0n) is 11.2. The van der Waals surface area contributed by atoms with Gasteiger partial charge in [0.25, 0.3) is 0 Å². The molecule has 0 aliphatic heterocycles. The highest BCUT2D eigenvalue weighted by Crippen LogP contribution is 2.22. The van der Waals surface area contributed by atoms with Crippen LogP contribution in [0, 0.1) is 6.92 Å². The Hall–Kier alpha value is -1.14. The van der Waals surface area contributed by atoms with Crippen molar-refractivity contribution in [1.29, 1.82) is 0 Å². The molecule has 3 rings (SSSR count). The van der Waals surface area contributed by atoms with Gasteiger partial charge in [-0.2, -0.15) is 5.10 Å². The third-order valence-electron chi connectivity index (χ3n) is 3.51. The maximum absolute atomic E-state index is 4.43. The molecule has 102 valence electrons. The zero-order valence-corrected chi connectivity index (χ0v) is 12.8. The molecule has 0 atom stereocenters. The van der Waals surface area contributed by atoms with E-state index in [0.29, 0.717) is 6.04 Å². The molecule has 1 N–H and O–H groups in total. The molecule has 0 spiro atoms. The maximum atomic E-state index is 4.43. The van der Waals surface area contributed by atoms with Crippen LogP contribution in [0.4, 0.5) is 0 Å². The van der Waals surface area contributed by atoms with E-state index >= 15 is 0 Å². The molecule has 1 saturated carbocycles. The van der Waals surface area contributed by atoms with Crippen LogP contribution in [-0.4, -0.2) is 25.4 Å². The van der Waals surface area contributed by atoms with Crippen LogP contribution in [0.5, 0.6) is 0 Å². The number of aryl methyl sites for hydroxylation is 2. The van der Waals surface area contributed by atoms with Crippen LogP contribution in [0.1, 0.15) is 30.1 Å². The average Bonchev–Trinajstić information content (AvgIpc) is 3.06. The van der Waals surface area contributed by atoms with E-state index in [1.807, 2.05) is 31.0 Å². The first-order valence-corrected chi connectivity index (χ1v) is 7.36. The van der Waals surface area contributed by atoms with Crippen LogP contribution in [0.25, 0.3) is 0 Å². The first-order valence-electron chi connectivity index (χ1n) is 6.56. The Labute approximate surface area is 121 Å². The van der Waals surface area contributed by atoms with E-state index in [-0.39, 0.29) is 0 Å². The minimum atomic E-state index is 0.704. The number of aromatic nitrogens is 4. The number of hydrogen-bond acceptors (Lipinski definition) is 3. The predicted octanol–water partition coefficient (Wildman–Crippen LogP) is 1.99. The number of hydrogen-bond donors (Lipinski definition) is 1. The molecule has 0 unspecified atom stereocenters. The van der Waals surface area contributed by atoms with Gasteiger partial charge in [-0.05, 0) is 35.7 Å². The predicted molar refractivity (Wildman–Crippen MR) is 76.8 cm³/mol. The van der Waals surface area contributed by atoms with E-state index in [9.17, 15) is 0 Å². The van der Waals surface area contributed by atoms with E-state index in [1.165, 1.54) is 18.5 Å². The summed E-state index contributed by atoms with van der Waals surface area (Å²) >= 11 is 3.61. The molecule has 1 aliphatic carbocycles. The summed E-state index contributed by atoms with van der Waals surface area (Å²) in [7, 11) is 1.98. The monoisotopic (exact) mass is 323 g/mol. The van der Waals surface area contributed by atoms with Crippen molar-refractivity contribution in [3.8, 4) is 0 Å². The van der Waals surface area contributed by atoms with Crippen molar-refractivity contribution in [1.82, 2.24) is 24.6 Å². The highest BCUT2D eigenvalue weighted by Gasteiger charge is 2.21. The summed E-state index contributed by atoms with van der Waals surface area (Å²) in [5, 5.41) is 7.93. The smallest absolute Gasteiger partial charge is 0.123 e. The fourth-order valence-electron chi connectivity index (χ4n) is 2.19. The molecule has 2 aromatic heterocycles.